The van der Waals surface area contributed by atoms with Crippen molar-refractivity contribution in [3.05, 3.63) is 106 Å². The first-order chi connectivity index (χ1) is 14.7. The van der Waals surface area contributed by atoms with Crippen LogP contribution in [0.2, 0.25) is 5.02 Å². The van der Waals surface area contributed by atoms with Gasteiger partial charge < -0.3 is 4.74 Å². The summed E-state index contributed by atoms with van der Waals surface area (Å²) in [6.07, 6.45) is 4.04. The molecule has 0 saturated heterocycles. The van der Waals surface area contributed by atoms with Crippen LogP contribution in [0.25, 0.3) is 10.8 Å². The maximum Gasteiger partial charge on any atom is 0.345 e. The minimum Gasteiger partial charge on any atom is -0.423 e. The van der Waals surface area contributed by atoms with Gasteiger partial charge in [0.05, 0.1) is 16.3 Å². The zero-order valence-corrected chi connectivity index (χ0v) is 16.9. The lowest BCUT2D eigenvalue weighted by Gasteiger charge is -2.06. The van der Waals surface area contributed by atoms with Crippen molar-refractivity contribution in [2.75, 3.05) is 0 Å². The molecule has 0 heterocycles. The molecule has 0 atom stereocenters. The SMILES string of the molecule is O=C(Oc1ccc(C=Nc2ccc3c4c(cccc24)CC3)cc1)c1ccccc1Cl. The summed E-state index contributed by atoms with van der Waals surface area (Å²) in [6.45, 7) is 0. The van der Waals surface area contributed by atoms with E-state index in [-0.39, 0.29) is 0 Å². The molecular weight excluding hydrogens is 394 g/mol. The Morgan fingerprint density at radius 1 is 0.867 bits per heavy atom. The second kappa shape index (κ2) is 7.77. The van der Waals surface area contributed by atoms with Crippen LogP contribution in [0.1, 0.15) is 27.0 Å². The molecule has 0 fully saturated rings. The molecule has 5 rings (SSSR count). The number of hydrogen-bond donors (Lipinski definition) is 0. The summed E-state index contributed by atoms with van der Waals surface area (Å²) in [6, 6.07) is 24.8. The monoisotopic (exact) mass is 411 g/mol. The molecule has 0 bridgehead atoms. The van der Waals surface area contributed by atoms with Gasteiger partial charge in [-0.05, 0) is 77.4 Å². The van der Waals surface area contributed by atoms with Crippen molar-refractivity contribution in [3.63, 3.8) is 0 Å². The molecule has 3 nitrogen and oxygen atoms in total. The second-order valence-corrected chi connectivity index (χ2v) is 7.69. The van der Waals surface area contributed by atoms with Crippen LogP contribution in [0.15, 0.2) is 83.9 Å². The van der Waals surface area contributed by atoms with Crippen LogP contribution >= 0.6 is 11.6 Å². The number of ether oxygens (including phenoxy) is 1. The Kier molecular flexibility index (Phi) is 4.82. The average molecular weight is 412 g/mol. The van der Waals surface area contributed by atoms with E-state index in [0.29, 0.717) is 16.3 Å². The molecule has 0 aromatic heterocycles. The third-order valence-corrected chi connectivity index (χ3v) is 5.72. The van der Waals surface area contributed by atoms with Crippen LogP contribution in [-0.4, -0.2) is 12.2 Å². The fourth-order valence-electron chi connectivity index (χ4n) is 3.90. The molecule has 4 aromatic rings. The first kappa shape index (κ1) is 18.6. The van der Waals surface area contributed by atoms with Crippen molar-refractivity contribution in [1.82, 2.24) is 0 Å². The minimum absolute atomic E-state index is 0.344. The molecule has 0 aliphatic heterocycles. The number of aryl methyl sites for hydroxylation is 2. The van der Waals surface area contributed by atoms with Crippen molar-refractivity contribution in [3.8, 4) is 5.75 Å². The van der Waals surface area contributed by atoms with Crippen molar-refractivity contribution >= 4 is 40.2 Å². The van der Waals surface area contributed by atoms with Gasteiger partial charge in [0.2, 0.25) is 0 Å². The van der Waals surface area contributed by atoms with E-state index in [1.54, 1.807) is 36.4 Å². The van der Waals surface area contributed by atoms with Crippen LogP contribution in [0.5, 0.6) is 5.75 Å². The predicted octanol–water partition coefficient (Wildman–Crippen LogP) is 6.56. The third kappa shape index (κ3) is 3.49. The highest BCUT2D eigenvalue weighted by Crippen LogP contribution is 2.36. The molecule has 4 aromatic carbocycles. The normalized spacial score (nSPS) is 12.6. The van der Waals surface area contributed by atoms with E-state index in [0.717, 1.165) is 24.1 Å². The first-order valence-corrected chi connectivity index (χ1v) is 10.2. The predicted molar refractivity (Wildman–Crippen MR) is 121 cm³/mol. The summed E-state index contributed by atoms with van der Waals surface area (Å²) in [5, 5.41) is 2.93. The van der Waals surface area contributed by atoms with Gasteiger partial charge in [-0.25, -0.2) is 4.79 Å². The number of rotatable bonds is 4. The van der Waals surface area contributed by atoms with Gasteiger partial charge in [-0.3, -0.25) is 4.99 Å². The number of carbonyl (C=O) groups is 1. The van der Waals surface area contributed by atoms with Gasteiger partial charge >= 0.3 is 5.97 Å². The molecule has 0 N–H and O–H groups in total. The fourth-order valence-corrected chi connectivity index (χ4v) is 4.11. The Bertz CT molecular complexity index is 1280. The molecule has 0 saturated carbocycles. The third-order valence-electron chi connectivity index (χ3n) is 5.39. The van der Waals surface area contributed by atoms with Crippen molar-refractivity contribution in [2.24, 2.45) is 4.99 Å². The highest BCUT2D eigenvalue weighted by Gasteiger charge is 2.15. The molecule has 30 heavy (non-hydrogen) atoms. The summed E-state index contributed by atoms with van der Waals surface area (Å²) < 4.78 is 5.42. The van der Waals surface area contributed by atoms with E-state index in [1.165, 1.54) is 21.9 Å². The van der Waals surface area contributed by atoms with Gasteiger partial charge in [-0.2, -0.15) is 0 Å². The summed E-state index contributed by atoms with van der Waals surface area (Å²) in [5.74, 6) is -0.0164. The van der Waals surface area contributed by atoms with Gasteiger partial charge in [0.15, 0.2) is 0 Å². The topological polar surface area (TPSA) is 38.7 Å². The van der Waals surface area contributed by atoms with Gasteiger partial charge in [0.1, 0.15) is 5.75 Å². The summed E-state index contributed by atoms with van der Waals surface area (Å²) in [4.78, 5) is 17.0. The van der Waals surface area contributed by atoms with E-state index < -0.39 is 5.97 Å². The smallest absolute Gasteiger partial charge is 0.345 e. The maximum atomic E-state index is 12.3. The molecule has 0 amide bonds. The van der Waals surface area contributed by atoms with Gasteiger partial charge in [0.25, 0.3) is 0 Å². The van der Waals surface area contributed by atoms with Crippen LogP contribution in [0.3, 0.4) is 0 Å². The largest absolute Gasteiger partial charge is 0.423 e. The van der Waals surface area contributed by atoms with Gasteiger partial charge in [0, 0.05) is 11.6 Å². The van der Waals surface area contributed by atoms with Crippen LogP contribution in [0, 0.1) is 0 Å². The number of carbonyl (C=O) groups excluding carboxylic acids is 1. The maximum absolute atomic E-state index is 12.3. The number of nitrogens with zero attached hydrogens (tertiary/aromatic N) is 1. The van der Waals surface area contributed by atoms with Crippen molar-refractivity contribution in [2.45, 2.75) is 12.8 Å². The summed E-state index contributed by atoms with van der Waals surface area (Å²) in [5.41, 5.74) is 5.05. The van der Waals surface area contributed by atoms with Gasteiger partial charge in [-0.15, -0.1) is 0 Å². The Morgan fingerprint density at radius 3 is 2.43 bits per heavy atom. The number of hydrogen-bond acceptors (Lipinski definition) is 3. The Morgan fingerprint density at radius 2 is 1.63 bits per heavy atom. The fraction of sp³-hybridized carbons (Fsp3) is 0.0769. The van der Waals surface area contributed by atoms with Gasteiger partial charge in [-0.1, -0.05) is 48.0 Å². The highest BCUT2D eigenvalue weighted by molar-refractivity contribution is 6.33. The minimum atomic E-state index is -0.477. The number of esters is 1. The summed E-state index contributed by atoms with van der Waals surface area (Å²) in [7, 11) is 0. The Labute approximate surface area is 179 Å². The average Bonchev–Trinajstić information content (AvgIpc) is 3.19. The van der Waals surface area contributed by atoms with Crippen LogP contribution < -0.4 is 4.74 Å². The number of halogens is 1. The standard InChI is InChI=1S/C26H18ClNO2/c27-23-7-2-1-5-21(23)26(29)30-20-13-8-17(9-14-20)16-28-24-15-12-19-11-10-18-4-3-6-22(24)25(18)19/h1-9,12-16H,10-11H2. The second-order valence-electron chi connectivity index (χ2n) is 7.28. The Hall–Kier alpha value is -3.43. The zero-order valence-electron chi connectivity index (χ0n) is 16.1. The molecule has 0 radical (unpaired) electrons. The molecular formula is C26H18ClNO2. The molecule has 0 unspecified atom stereocenters. The van der Waals surface area contributed by atoms with E-state index >= 15 is 0 Å². The molecule has 146 valence electrons. The number of benzene rings is 4. The Balaban J connectivity index is 1.35. The zero-order chi connectivity index (χ0) is 20.5. The highest BCUT2D eigenvalue weighted by atomic mass is 35.5. The van der Waals surface area contributed by atoms with Crippen molar-refractivity contribution in [1.29, 1.82) is 0 Å². The lowest BCUT2D eigenvalue weighted by molar-refractivity contribution is 0.0735. The van der Waals surface area contributed by atoms with E-state index in [4.69, 9.17) is 21.3 Å². The quantitative estimate of drug-likeness (QED) is 0.216. The molecule has 1 aliphatic carbocycles. The molecule has 4 heteroatoms. The lowest BCUT2D eigenvalue weighted by Crippen LogP contribution is -2.08. The van der Waals surface area contributed by atoms with E-state index in [9.17, 15) is 4.79 Å². The van der Waals surface area contributed by atoms with Crippen molar-refractivity contribution < 1.29 is 9.53 Å². The lowest BCUT2D eigenvalue weighted by atomic mass is 10.0. The summed E-state index contributed by atoms with van der Waals surface area (Å²) >= 11 is 6.06. The molecule has 1 aliphatic rings. The van der Waals surface area contributed by atoms with E-state index in [2.05, 4.69) is 30.3 Å². The molecule has 0 spiro atoms. The number of aliphatic imine (C=N–C) groups is 1. The van der Waals surface area contributed by atoms with Crippen LogP contribution in [0.4, 0.5) is 5.69 Å². The van der Waals surface area contributed by atoms with E-state index in [1.807, 2.05) is 18.3 Å². The van der Waals surface area contributed by atoms with Crippen LogP contribution in [-0.2, 0) is 12.8 Å². The first-order valence-electron chi connectivity index (χ1n) is 9.83.